The summed E-state index contributed by atoms with van der Waals surface area (Å²) in [6.07, 6.45) is 0.750. The van der Waals surface area contributed by atoms with Crippen LogP contribution < -0.4 is 0 Å². The highest BCUT2D eigenvalue weighted by Gasteiger charge is 2.23. The van der Waals surface area contributed by atoms with Crippen molar-refractivity contribution < 1.29 is 10.2 Å². The first kappa shape index (κ1) is 20.4. The zero-order valence-corrected chi connectivity index (χ0v) is 17.8. The first-order valence-corrected chi connectivity index (χ1v) is 9.39. The number of hydrogen-bond acceptors (Lipinski definition) is 2. The van der Waals surface area contributed by atoms with Gasteiger partial charge in [0.2, 0.25) is 0 Å². The van der Waals surface area contributed by atoms with Gasteiger partial charge in [-0.25, -0.2) is 0 Å². The summed E-state index contributed by atoms with van der Waals surface area (Å²) in [5.41, 5.74) is 7.15. The van der Waals surface area contributed by atoms with Crippen LogP contribution in [0.3, 0.4) is 0 Å². The lowest BCUT2D eigenvalue weighted by molar-refractivity contribution is 0.440. The summed E-state index contributed by atoms with van der Waals surface area (Å²) in [6, 6.07) is 6.28. The second-order valence-corrected chi connectivity index (χ2v) is 9.68. The molecule has 0 aliphatic carbocycles. The van der Waals surface area contributed by atoms with Gasteiger partial charge in [-0.15, -0.1) is 0 Å². The van der Waals surface area contributed by atoms with E-state index in [1.807, 2.05) is 13.8 Å². The zero-order chi connectivity index (χ0) is 20.0. The predicted octanol–water partition coefficient (Wildman–Crippen LogP) is 6.21. The average molecular weight is 355 g/mol. The molecule has 2 aromatic rings. The van der Waals surface area contributed by atoms with Gasteiger partial charge in [0, 0.05) is 0 Å². The Kier molecular flexibility index (Phi) is 5.20. The molecule has 0 amide bonds. The summed E-state index contributed by atoms with van der Waals surface area (Å²) < 4.78 is 0. The lowest BCUT2D eigenvalue weighted by Crippen LogP contribution is -2.14. The maximum absolute atomic E-state index is 10.8. The third-order valence-corrected chi connectivity index (χ3v) is 5.26. The van der Waals surface area contributed by atoms with Crippen molar-refractivity contribution in [1.29, 1.82) is 0 Å². The largest absolute Gasteiger partial charge is 0.507 e. The van der Waals surface area contributed by atoms with Gasteiger partial charge in [-0.3, -0.25) is 0 Å². The smallest absolute Gasteiger partial charge is 0.122 e. The topological polar surface area (TPSA) is 40.5 Å². The normalized spacial score (nSPS) is 12.5. The van der Waals surface area contributed by atoms with Crippen LogP contribution in [0.2, 0.25) is 0 Å². The van der Waals surface area contributed by atoms with Crippen LogP contribution in [-0.2, 0) is 17.3 Å². The fourth-order valence-corrected chi connectivity index (χ4v) is 3.59. The monoisotopic (exact) mass is 354 g/mol. The lowest BCUT2D eigenvalue weighted by atomic mass is 9.80. The molecule has 2 N–H and O–H groups in total. The van der Waals surface area contributed by atoms with Gasteiger partial charge in [0.25, 0.3) is 0 Å². The van der Waals surface area contributed by atoms with Crippen molar-refractivity contribution in [2.75, 3.05) is 0 Å². The number of aryl methyl sites for hydroxylation is 2. The van der Waals surface area contributed by atoms with Crippen LogP contribution in [0.15, 0.2) is 18.2 Å². The predicted molar refractivity (Wildman–Crippen MR) is 111 cm³/mol. The van der Waals surface area contributed by atoms with Gasteiger partial charge in [0.05, 0.1) is 0 Å². The molecule has 0 fully saturated rings. The Labute approximate surface area is 158 Å². The molecule has 0 saturated carbocycles. The highest BCUT2D eigenvalue weighted by atomic mass is 16.3. The summed E-state index contributed by atoms with van der Waals surface area (Å²) in [4.78, 5) is 0. The van der Waals surface area contributed by atoms with Crippen LogP contribution in [0.5, 0.6) is 11.5 Å². The number of benzene rings is 2. The summed E-state index contributed by atoms with van der Waals surface area (Å²) in [5.74, 6) is 0.797. The second kappa shape index (κ2) is 6.64. The molecule has 0 unspecified atom stereocenters. The standard InChI is InChI=1S/C24H34O2/c1-14-11-19(23(4,5)6)22(26)16(3)18(14)12-17-10-15(2)21(25)20(13-17)24(7,8)9/h10-11,13,25-26H,12H2,1-9H3. The molecule has 142 valence electrons. The average Bonchev–Trinajstić information content (AvgIpc) is 2.48. The molecule has 0 saturated heterocycles. The Hall–Kier alpha value is -1.96. The van der Waals surface area contributed by atoms with E-state index < -0.39 is 0 Å². The third-order valence-electron chi connectivity index (χ3n) is 5.26. The number of hydrogen-bond donors (Lipinski definition) is 2. The van der Waals surface area contributed by atoms with Crippen molar-refractivity contribution in [2.24, 2.45) is 0 Å². The molecule has 2 heteroatoms. The number of aromatic hydroxyl groups is 2. The molecular formula is C24H34O2. The van der Waals surface area contributed by atoms with Gasteiger partial charge in [-0.05, 0) is 77.0 Å². The van der Waals surface area contributed by atoms with Gasteiger partial charge in [0.15, 0.2) is 0 Å². The minimum Gasteiger partial charge on any atom is -0.507 e. The molecule has 0 atom stereocenters. The van der Waals surface area contributed by atoms with Crippen LogP contribution in [0.25, 0.3) is 0 Å². The SMILES string of the molecule is Cc1cc(Cc2c(C)cc(C(C)(C)C)c(O)c2C)cc(C(C)(C)C)c1O. The molecule has 0 spiro atoms. The number of phenolic OH excluding ortho intramolecular Hbond substituents is 2. The van der Waals surface area contributed by atoms with Crippen LogP contribution in [0.1, 0.15) is 80.5 Å². The van der Waals surface area contributed by atoms with Crippen molar-refractivity contribution in [1.82, 2.24) is 0 Å². The maximum Gasteiger partial charge on any atom is 0.122 e. The molecule has 0 radical (unpaired) electrons. The summed E-state index contributed by atoms with van der Waals surface area (Å²) in [6.45, 7) is 18.8. The molecule has 26 heavy (non-hydrogen) atoms. The molecule has 2 rings (SSSR count). The molecule has 2 nitrogen and oxygen atoms in total. The lowest BCUT2D eigenvalue weighted by Gasteiger charge is -2.25. The minimum atomic E-state index is -0.118. The molecule has 0 aliphatic rings. The highest BCUT2D eigenvalue weighted by Crippen LogP contribution is 2.38. The first-order valence-electron chi connectivity index (χ1n) is 9.39. The van der Waals surface area contributed by atoms with Gasteiger partial charge in [-0.1, -0.05) is 59.7 Å². The van der Waals surface area contributed by atoms with Gasteiger partial charge in [0.1, 0.15) is 11.5 Å². The van der Waals surface area contributed by atoms with E-state index in [0.29, 0.717) is 11.5 Å². The van der Waals surface area contributed by atoms with Crippen molar-refractivity contribution in [3.63, 3.8) is 0 Å². The second-order valence-electron chi connectivity index (χ2n) is 9.68. The Morgan fingerprint density at radius 3 is 1.69 bits per heavy atom. The van der Waals surface area contributed by atoms with Crippen molar-refractivity contribution in [3.05, 3.63) is 57.1 Å². The van der Waals surface area contributed by atoms with Crippen LogP contribution >= 0.6 is 0 Å². The number of phenols is 2. The van der Waals surface area contributed by atoms with Crippen LogP contribution in [0, 0.1) is 20.8 Å². The van der Waals surface area contributed by atoms with Crippen LogP contribution in [-0.4, -0.2) is 10.2 Å². The van der Waals surface area contributed by atoms with Crippen molar-refractivity contribution >= 4 is 0 Å². The quantitative estimate of drug-likeness (QED) is 0.673. The Morgan fingerprint density at radius 2 is 1.19 bits per heavy atom. The van der Waals surface area contributed by atoms with Crippen molar-refractivity contribution in [3.8, 4) is 11.5 Å². The highest BCUT2D eigenvalue weighted by molar-refractivity contribution is 5.54. The first-order chi connectivity index (χ1) is 11.7. The zero-order valence-electron chi connectivity index (χ0n) is 17.8. The molecule has 0 aliphatic heterocycles. The van der Waals surface area contributed by atoms with E-state index in [4.69, 9.17) is 0 Å². The molecule has 0 aromatic heterocycles. The molecular weight excluding hydrogens is 320 g/mol. The van der Waals surface area contributed by atoms with E-state index in [0.717, 1.165) is 28.7 Å². The van der Waals surface area contributed by atoms with E-state index >= 15 is 0 Å². The van der Waals surface area contributed by atoms with E-state index in [1.54, 1.807) is 0 Å². The van der Waals surface area contributed by atoms with E-state index in [-0.39, 0.29) is 10.8 Å². The molecule has 0 heterocycles. The molecule has 0 bridgehead atoms. The van der Waals surface area contributed by atoms with Crippen molar-refractivity contribution in [2.45, 2.75) is 79.6 Å². The third kappa shape index (κ3) is 3.90. The Bertz CT molecular complexity index is 831. The van der Waals surface area contributed by atoms with Gasteiger partial charge in [-0.2, -0.15) is 0 Å². The summed E-state index contributed by atoms with van der Waals surface area (Å²) in [5, 5.41) is 21.2. The fourth-order valence-electron chi connectivity index (χ4n) is 3.59. The van der Waals surface area contributed by atoms with E-state index in [9.17, 15) is 10.2 Å². The Morgan fingerprint density at radius 1 is 0.692 bits per heavy atom. The van der Waals surface area contributed by atoms with E-state index in [1.165, 1.54) is 16.7 Å². The van der Waals surface area contributed by atoms with E-state index in [2.05, 4.69) is 66.7 Å². The molecule has 2 aromatic carbocycles. The minimum absolute atomic E-state index is 0.0906. The van der Waals surface area contributed by atoms with Gasteiger partial charge < -0.3 is 10.2 Å². The summed E-state index contributed by atoms with van der Waals surface area (Å²) in [7, 11) is 0. The Balaban J connectivity index is 2.57. The van der Waals surface area contributed by atoms with Gasteiger partial charge >= 0.3 is 0 Å². The number of rotatable bonds is 2. The summed E-state index contributed by atoms with van der Waals surface area (Å²) >= 11 is 0. The fraction of sp³-hybridized carbons (Fsp3) is 0.500. The van der Waals surface area contributed by atoms with Crippen LogP contribution in [0.4, 0.5) is 0 Å². The maximum atomic E-state index is 10.8.